The number of amides is 1. The van der Waals surface area contributed by atoms with Crippen LogP contribution in [0.15, 0.2) is 51.9 Å². The number of anilines is 1. The van der Waals surface area contributed by atoms with Crippen LogP contribution in [-0.4, -0.2) is 17.2 Å². The number of benzene rings is 2. The van der Waals surface area contributed by atoms with Gasteiger partial charge in [0.05, 0.1) is 10.0 Å². The number of hydrogen-bond acceptors (Lipinski definition) is 4. The number of phenols is 1. The smallest absolute Gasteiger partial charge is 0.259 e. The molecule has 0 radical (unpaired) electrons. The second-order valence-electron chi connectivity index (χ2n) is 9.42. The second kappa shape index (κ2) is 9.61. The molecule has 1 heterocycles. The van der Waals surface area contributed by atoms with Gasteiger partial charge in [0.1, 0.15) is 10.8 Å². The summed E-state index contributed by atoms with van der Waals surface area (Å²) in [7, 11) is 0. The fourth-order valence-corrected chi connectivity index (χ4v) is 5.89. The Morgan fingerprint density at radius 2 is 1.97 bits per heavy atom. The van der Waals surface area contributed by atoms with E-state index in [4.69, 9.17) is 16.6 Å². The standard InChI is InChI=1S/C26H26BrClN2O2S/c1-26(2,3)16-5-10-19-22(13-16)33-25(29-14-15-4-11-21(31)20(27)12-15)23(19)24(32)30-18-8-6-17(28)7-9-18/h4,6-9,11-12,14,16,31H,5,10,13H2,1-3H3,(H,30,32)/t16-/m0/s1. The topological polar surface area (TPSA) is 61.7 Å². The molecule has 1 amide bonds. The van der Waals surface area contributed by atoms with Crippen LogP contribution in [0.4, 0.5) is 10.7 Å². The lowest BCUT2D eigenvalue weighted by molar-refractivity contribution is 0.102. The number of phenolic OH excluding ortho intramolecular Hbond substituents is 1. The van der Waals surface area contributed by atoms with E-state index in [-0.39, 0.29) is 17.1 Å². The number of aromatic hydroxyl groups is 1. The Bertz CT molecular complexity index is 1210. The van der Waals surface area contributed by atoms with E-state index in [2.05, 4.69) is 42.0 Å². The highest BCUT2D eigenvalue weighted by Gasteiger charge is 2.33. The third-order valence-corrected chi connectivity index (χ3v) is 8.15. The molecule has 1 aliphatic carbocycles. The quantitative estimate of drug-likeness (QED) is 0.326. The molecule has 0 aliphatic heterocycles. The Kier molecular flexibility index (Phi) is 6.99. The lowest BCUT2D eigenvalue weighted by Gasteiger charge is -2.33. The maximum atomic E-state index is 13.4. The van der Waals surface area contributed by atoms with Gasteiger partial charge in [-0.1, -0.05) is 32.4 Å². The fourth-order valence-electron chi connectivity index (χ4n) is 4.10. The Labute approximate surface area is 211 Å². The maximum absolute atomic E-state index is 13.4. The molecular formula is C26H26BrClN2O2S. The number of aliphatic imine (C=N–C) groups is 1. The molecule has 0 saturated heterocycles. The highest BCUT2D eigenvalue weighted by molar-refractivity contribution is 9.10. The Morgan fingerprint density at radius 3 is 2.64 bits per heavy atom. The zero-order chi connectivity index (χ0) is 23.8. The predicted octanol–water partition coefficient (Wildman–Crippen LogP) is 8.02. The van der Waals surface area contributed by atoms with Crippen molar-refractivity contribution < 1.29 is 9.90 Å². The molecule has 0 saturated carbocycles. The van der Waals surface area contributed by atoms with E-state index in [1.165, 1.54) is 4.88 Å². The SMILES string of the molecule is CC(C)(C)[C@H]1CCc2c(sc(N=Cc3ccc(O)c(Br)c3)c2C(=O)Nc2ccc(Cl)cc2)C1. The number of halogens is 2. The second-order valence-corrected chi connectivity index (χ2v) is 11.8. The molecule has 1 atom stereocenters. The Morgan fingerprint density at radius 1 is 1.24 bits per heavy atom. The van der Waals surface area contributed by atoms with Crippen LogP contribution in [0.3, 0.4) is 0 Å². The third-order valence-electron chi connectivity index (χ3n) is 6.10. The van der Waals surface area contributed by atoms with Crippen LogP contribution in [0.5, 0.6) is 5.75 Å². The molecule has 4 rings (SSSR count). The molecule has 1 aromatic heterocycles. The van der Waals surface area contributed by atoms with Gasteiger partial charge in [-0.25, -0.2) is 4.99 Å². The molecule has 4 nitrogen and oxygen atoms in total. The first-order valence-corrected chi connectivity index (χ1v) is 12.8. The summed E-state index contributed by atoms with van der Waals surface area (Å²) < 4.78 is 0.602. The van der Waals surface area contributed by atoms with E-state index in [0.717, 1.165) is 30.4 Å². The van der Waals surface area contributed by atoms with Gasteiger partial charge in [0.2, 0.25) is 0 Å². The summed E-state index contributed by atoms with van der Waals surface area (Å²) in [6.45, 7) is 6.85. The molecular weight excluding hydrogens is 520 g/mol. The predicted molar refractivity (Wildman–Crippen MR) is 142 cm³/mol. The molecule has 172 valence electrons. The zero-order valence-electron chi connectivity index (χ0n) is 18.8. The highest BCUT2D eigenvalue weighted by atomic mass is 79.9. The van der Waals surface area contributed by atoms with Crippen molar-refractivity contribution in [2.75, 3.05) is 5.32 Å². The van der Waals surface area contributed by atoms with Crippen molar-refractivity contribution in [2.45, 2.75) is 40.0 Å². The number of nitrogens with zero attached hydrogens (tertiary/aromatic N) is 1. The van der Waals surface area contributed by atoms with Crippen molar-refractivity contribution in [3.05, 3.63) is 73.5 Å². The molecule has 3 aromatic rings. The van der Waals surface area contributed by atoms with Crippen molar-refractivity contribution in [3.8, 4) is 5.75 Å². The Balaban J connectivity index is 1.70. The number of thiophene rings is 1. The summed E-state index contributed by atoms with van der Waals surface area (Å²) in [6.07, 6.45) is 4.63. The summed E-state index contributed by atoms with van der Waals surface area (Å²) in [4.78, 5) is 19.4. The molecule has 0 bridgehead atoms. The van der Waals surface area contributed by atoms with Gasteiger partial charge in [-0.3, -0.25) is 4.79 Å². The summed E-state index contributed by atoms with van der Waals surface area (Å²) in [6, 6.07) is 12.3. The summed E-state index contributed by atoms with van der Waals surface area (Å²) in [5, 5.41) is 14.1. The van der Waals surface area contributed by atoms with Gasteiger partial charge in [-0.15, -0.1) is 11.3 Å². The largest absolute Gasteiger partial charge is 0.507 e. The first kappa shape index (κ1) is 24.0. The lowest BCUT2D eigenvalue weighted by atomic mass is 9.72. The third kappa shape index (κ3) is 5.51. The normalized spacial score (nSPS) is 16.1. The molecule has 7 heteroatoms. The van der Waals surface area contributed by atoms with Crippen LogP contribution in [0.2, 0.25) is 5.02 Å². The molecule has 1 aliphatic rings. The highest BCUT2D eigenvalue weighted by Crippen LogP contribution is 2.45. The van der Waals surface area contributed by atoms with Crippen LogP contribution in [0.25, 0.3) is 0 Å². The van der Waals surface area contributed by atoms with Gasteiger partial charge in [0.15, 0.2) is 0 Å². The number of carbonyl (C=O) groups excluding carboxylic acids is 1. The van der Waals surface area contributed by atoms with Crippen molar-refractivity contribution >= 4 is 61.7 Å². The number of fused-ring (bicyclic) bond motifs is 1. The molecule has 2 N–H and O–H groups in total. The number of rotatable bonds is 4. The van der Waals surface area contributed by atoms with E-state index in [0.29, 0.717) is 31.7 Å². The van der Waals surface area contributed by atoms with Crippen LogP contribution in [0, 0.1) is 11.3 Å². The van der Waals surface area contributed by atoms with E-state index in [1.54, 1.807) is 60.0 Å². The maximum Gasteiger partial charge on any atom is 0.259 e. The van der Waals surface area contributed by atoms with Crippen LogP contribution in [-0.2, 0) is 12.8 Å². The van der Waals surface area contributed by atoms with Crippen molar-refractivity contribution in [3.63, 3.8) is 0 Å². The molecule has 33 heavy (non-hydrogen) atoms. The molecule has 0 spiro atoms. The monoisotopic (exact) mass is 544 g/mol. The van der Waals surface area contributed by atoms with Crippen molar-refractivity contribution in [1.29, 1.82) is 0 Å². The number of nitrogens with one attached hydrogen (secondary N) is 1. The van der Waals surface area contributed by atoms with Crippen LogP contribution < -0.4 is 5.32 Å². The first-order valence-electron chi connectivity index (χ1n) is 10.9. The van der Waals surface area contributed by atoms with Crippen LogP contribution in [0.1, 0.15) is 53.6 Å². The van der Waals surface area contributed by atoms with E-state index in [1.807, 2.05) is 0 Å². The van der Waals surface area contributed by atoms with Gasteiger partial charge in [-0.05, 0) is 100 Å². The van der Waals surface area contributed by atoms with Gasteiger partial charge in [-0.2, -0.15) is 0 Å². The first-order chi connectivity index (χ1) is 15.6. The number of carbonyl (C=O) groups is 1. The zero-order valence-corrected chi connectivity index (χ0v) is 21.9. The van der Waals surface area contributed by atoms with Crippen LogP contribution >= 0.6 is 38.9 Å². The Hall–Kier alpha value is -2.15. The van der Waals surface area contributed by atoms with Gasteiger partial charge in [0, 0.05) is 21.8 Å². The van der Waals surface area contributed by atoms with Gasteiger partial charge in [0.25, 0.3) is 5.91 Å². The molecule has 0 fully saturated rings. The average Bonchev–Trinajstić information content (AvgIpc) is 3.13. The number of hydrogen-bond donors (Lipinski definition) is 2. The fraction of sp³-hybridized carbons (Fsp3) is 0.308. The summed E-state index contributed by atoms with van der Waals surface area (Å²) >= 11 is 10.9. The summed E-state index contributed by atoms with van der Waals surface area (Å²) in [5.74, 6) is 0.596. The van der Waals surface area contributed by atoms with Gasteiger partial charge >= 0.3 is 0 Å². The average molecular weight is 546 g/mol. The van der Waals surface area contributed by atoms with E-state index >= 15 is 0 Å². The van der Waals surface area contributed by atoms with Gasteiger partial charge < -0.3 is 10.4 Å². The minimum atomic E-state index is -0.150. The summed E-state index contributed by atoms with van der Waals surface area (Å²) in [5.41, 5.74) is 3.53. The van der Waals surface area contributed by atoms with E-state index in [9.17, 15) is 9.90 Å². The molecule has 2 aromatic carbocycles. The lowest BCUT2D eigenvalue weighted by Crippen LogP contribution is -2.27. The van der Waals surface area contributed by atoms with Crippen molar-refractivity contribution in [2.24, 2.45) is 16.3 Å². The minimum absolute atomic E-state index is 0.150. The van der Waals surface area contributed by atoms with Crippen molar-refractivity contribution in [1.82, 2.24) is 0 Å². The van der Waals surface area contributed by atoms with E-state index < -0.39 is 0 Å². The minimum Gasteiger partial charge on any atom is -0.507 e. The molecule has 0 unspecified atom stereocenters.